The number of carbonyl (C=O) groups excluding carboxylic acids is 2. The molecule has 0 aromatic heterocycles. The van der Waals surface area contributed by atoms with Gasteiger partial charge in [0.05, 0.1) is 24.4 Å². The van der Waals surface area contributed by atoms with Crippen molar-refractivity contribution < 1.29 is 53.8 Å². The number of nitrogens with one attached hydrogen (secondary N) is 2. The van der Waals surface area contributed by atoms with Gasteiger partial charge in [-0.2, -0.15) is 0 Å². The van der Waals surface area contributed by atoms with Crippen LogP contribution in [0.5, 0.6) is 0 Å². The second-order valence-corrected chi connectivity index (χ2v) is 14.7. The van der Waals surface area contributed by atoms with Crippen LogP contribution < -0.4 is 22.1 Å². The second kappa shape index (κ2) is 20.2. The Balaban J connectivity index is 1.43. The number of ether oxygens (including phenoxy) is 4. The molecule has 0 aromatic carbocycles. The fraction of sp³-hybridized carbons (Fsp3) is 0.676. The highest BCUT2D eigenvalue weighted by Crippen LogP contribution is 2.42. The molecule has 0 aliphatic carbocycles. The number of rotatable bonds is 18. The lowest BCUT2D eigenvalue weighted by atomic mass is 9.75. The second-order valence-electron chi connectivity index (χ2n) is 14.7. The molecule has 10 N–H and O–H groups in total. The summed E-state index contributed by atoms with van der Waals surface area (Å²) in [5.74, 6) is -4.81. The lowest BCUT2D eigenvalue weighted by molar-refractivity contribution is -0.303. The van der Waals surface area contributed by atoms with Gasteiger partial charge in [-0.3, -0.25) is 14.6 Å². The Hall–Kier alpha value is -3.64. The number of carbonyl (C=O) groups is 3. The van der Waals surface area contributed by atoms with Gasteiger partial charge in [-0.05, 0) is 50.9 Å². The maximum Gasteiger partial charge on any atom is 0.326 e. The van der Waals surface area contributed by atoms with Gasteiger partial charge in [-0.1, -0.05) is 63.3 Å². The zero-order chi connectivity index (χ0) is 39.3. The molecule has 0 unspecified atom stereocenters. The maximum atomic E-state index is 13.1. The number of hydrogen-bond donors (Lipinski definition) is 8. The molecular weight excluding hydrogens is 690 g/mol. The summed E-state index contributed by atoms with van der Waals surface area (Å²) in [6, 6.07) is -1.06. The van der Waals surface area contributed by atoms with E-state index < -0.39 is 66.4 Å². The van der Waals surface area contributed by atoms with E-state index in [1.807, 2.05) is 32.9 Å². The molecule has 53 heavy (non-hydrogen) atoms. The van der Waals surface area contributed by atoms with Crippen molar-refractivity contribution >= 4 is 23.7 Å². The molecule has 10 atom stereocenters. The van der Waals surface area contributed by atoms with Gasteiger partial charge in [0, 0.05) is 31.4 Å². The van der Waals surface area contributed by atoms with Gasteiger partial charge in [-0.15, -0.1) is 0 Å². The van der Waals surface area contributed by atoms with E-state index in [9.17, 15) is 34.8 Å². The molecule has 0 saturated carbocycles. The van der Waals surface area contributed by atoms with Crippen LogP contribution >= 0.6 is 0 Å². The summed E-state index contributed by atoms with van der Waals surface area (Å²) in [7, 11) is 0. The highest BCUT2D eigenvalue weighted by molar-refractivity contribution is 5.91. The largest absolute Gasteiger partial charge is 0.480 e. The van der Waals surface area contributed by atoms with Gasteiger partial charge in [0.25, 0.3) is 5.91 Å². The molecule has 3 aliphatic heterocycles. The number of nitrogens with zero attached hydrogens (tertiary/aromatic N) is 1. The summed E-state index contributed by atoms with van der Waals surface area (Å²) >= 11 is 0. The number of carboxylic acids is 1. The fourth-order valence-corrected chi connectivity index (χ4v) is 6.57. The minimum Gasteiger partial charge on any atom is -0.480 e. The first-order chi connectivity index (χ1) is 24.9. The standard InChI is InChI=1S/C37H59N5O11/c1-22-19-37(49,53-24(3)23(22)2)31(45)32(46)42-33-30-27(50-21-51-33)20-36(4,5)28(52-30)18-25(43)14-11-9-7-6-8-10-12-16-29(44)41-26(34(47)48)15-13-17-40-35(38)39/h6-8,10,12,16,23-28,30-31,33,43,45,49H,1,9,11,13-15,17-21H2,2-5H3,(H,41,44)(H,42,46)(H,47,48)(H4,38,39,40)/b7-6+,10-8+,16-12+/t23-,24-,25-,26+,27-,28-,30+,31-,33+,37-/m1/s1. The van der Waals surface area contributed by atoms with E-state index >= 15 is 0 Å². The molecule has 16 nitrogen and oxygen atoms in total. The fourth-order valence-electron chi connectivity index (χ4n) is 6.57. The van der Waals surface area contributed by atoms with Crippen molar-refractivity contribution in [2.24, 2.45) is 27.8 Å². The number of aliphatic imine (C=N–C) groups is 1. The minimum atomic E-state index is -2.13. The Morgan fingerprint density at radius 3 is 2.47 bits per heavy atom. The van der Waals surface area contributed by atoms with Gasteiger partial charge in [0.2, 0.25) is 11.7 Å². The van der Waals surface area contributed by atoms with Crippen LogP contribution in [0.25, 0.3) is 0 Å². The summed E-state index contributed by atoms with van der Waals surface area (Å²) in [5.41, 5.74) is 10.8. The molecule has 0 spiro atoms. The Labute approximate surface area is 311 Å². The average Bonchev–Trinajstić information content (AvgIpc) is 3.07. The summed E-state index contributed by atoms with van der Waals surface area (Å²) in [5, 5.41) is 47.2. The molecule has 0 radical (unpaired) electrons. The van der Waals surface area contributed by atoms with Crippen molar-refractivity contribution in [2.45, 2.75) is 134 Å². The number of fused-ring (bicyclic) bond motifs is 1. The van der Waals surface area contributed by atoms with Crippen molar-refractivity contribution in [3.8, 4) is 0 Å². The van der Waals surface area contributed by atoms with Crippen LogP contribution in [0.3, 0.4) is 0 Å². The van der Waals surface area contributed by atoms with E-state index in [0.717, 1.165) is 0 Å². The van der Waals surface area contributed by atoms with Gasteiger partial charge in [0.15, 0.2) is 18.3 Å². The van der Waals surface area contributed by atoms with Crippen LogP contribution in [0.1, 0.15) is 79.1 Å². The molecule has 16 heteroatoms. The van der Waals surface area contributed by atoms with E-state index in [0.29, 0.717) is 44.1 Å². The van der Waals surface area contributed by atoms with Crippen LogP contribution in [0, 0.1) is 11.3 Å². The molecule has 0 aromatic rings. The molecular formula is C37H59N5O11. The van der Waals surface area contributed by atoms with Gasteiger partial charge in [-0.25, -0.2) is 4.79 Å². The van der Waals surface area contributed by atoms with Crippen molar-refractivity contribution in [1.29, 1.82) is 0 Å². The van der Waals surface area contributed by atoms with Gasteiger partial charge >= 0.3 is 5.97 Å². The highest BCUT2D eigenvalue weighted by Gasteiger charge is 2.52. The van der Waals surface area contributed by atoms with Crippen LogP contribution in [0.15, 0.2) is 53.6 Å². The van der Waals surface area contributed by atoms with Crippen molar-refractivity contribution in [3.05, 3.63) is 48.6 Å². The molecule has 0 bridgehead atoms. The van der Waals surface area contributed by atoms with Gasteiger partial charge < -0.3 is 61.5 Å². The van der Waals surface area contributed by atoms with E-state index in [4.69, 9.17) is 30.4 Å². The first-order valence-corrected chi connectivity index (χ1v) is 18.1. The van der Waals surface area contributed by atoms with Crippen LogP contribution in [0.4, 0.5) is 0 Å². The van der Waals surface area contributed by atoms with Crippen LogP contribution in [0.2, 0.25) is 0 Å². The van der Waals surface area contributed by atoms with Gasteiger partial charge in [0.1, 0.15) is 18.9 Å². The van der Waals surface area contributed by atoms with E-state index in [1.54, 1.807) is 19.1 Å². The Morgan fingerprint density at radius 1 is 1.08 bits per heavy atom. The number of allylic oxidation sites excluding steroid dienone is 5. The number of hydrogen-bond acceptors (Lipinski definition) is 11. The Kier molecular flexibility index (Phi) is 16.6. The van der Waals surface area contributed by atoms with E-state index in [-0.39, 0.29) is 49.6 Å². The van der Waals surface area contributed by atoms with Crippen molar-refractivity contribution in [1.82, 2.24) is 10.6 Å². The third-order valence-corrected chi connectivity index (χ3v) is 9.96. The van der Waals surface area contributed by atoms with Crippen molar-refractivity contribution in [3.63, 3.8) is 0 Å². The SMILES string of the molecule is C=C1C[C@](O)([C@H](O)C(=O)N[C@H]2OCO[C@@H]3CC(C)(C)[C@@H](C[C@H](O)CCC/C=C/C=C/C=C/C(=O)N[C@@H](CCCN=C(N)N)C(=O)O)O[C@@H]32)O[C@H](C)[C@@H]1C. The Morgan fingerprint density at radius 2 is 1.79 bits per heavy atom. The van der Waals surface area contributed by atoms with Crippen molar-refractivity contribution in [2.75, 3.05) is 13.3 Å². The molecule has 3 rings (SSSR count). The molecule has 3 fully saturated rings. The third kappa shape index (κ3) is 13.3. The summed E-state index contributed by atoms with van der Waals surface area (Å²) in [4.78, 5) is 40.5. The number of amides is 2. The number of unbranched alkanes of at least 4 members (excludes halogenated alkanes) is 1. The number of aliphatic hydroxyl groups excluding tert-OH is 2. The maximum absolute atomic E-state index is 13.1. The first-order valence-electron chi connectivity index (χ1n) is 18.1. The average molecular weight is 750 g/mol. The zero-order valence-electron chi connectivity index (χ0n) is 31.2. The normalized spacial score (nSPS) is 30.4. The smallest absolute Gasteiger partial charge is 0.326 e. The highest BCUT2D eigenvalue weighted by atomic mass is 16.7. The summed E-state index contributed by atoms with van der Waals surface area (Å²) in [6.45, 7) is 11.9. The molecule has 3 heterocycles. The van der Waals surface area contributed by atoms with E-state index in [2.05, 4.69) is 22.2 Å². The number of nitrogens with two attached hydrogens (primary N) is 2. The third-order valence-electron chi connectivity index (χ3n) is 9.96. The number of aliphatic carboxylic acids is 1. The lowest BCUT2D eigenvalue weighted by Crippen LogP contribution is -2.65. The molecule has 2 amide bonds. The Bertz CT molecular complexity index is 1380. The number of aliphatic hydroxyl groups is 3. The molecule has 3 aliphatic rings. The quantitative estimate of drug-likeness (QED) is 0.0246. The van der Waals surface area contributed by atoms with E-state index in [1.165, 1.54) is 12.2 Å². The predicted molar refractivity (Wildman–Crippen MR) is 196 cm³/mol. The monoisotopic (exact) mass is 749 g/mol. The lowest BCUT2D eigenvalue weighted by Gasteiger charge is -2.50. The molecule has 3 saturated heterocycles. The predicted octanol–water partition coefficient (Wildman–Crippen LogP) is 1.25. The number of guanidine groups is 1. The topological polar surface area (TPSA) is 258 Å². The summed E-state index contributed by atoms with van der Waals surface area (Å²) < 4.78 is 23.6. The van der Waals surface area contributed by atoms with Crippen LogP contribution in [-0.4, -0.2) is 112 Å². The summed E-state index contributed by atoms with van der Waals surface area (Å²) in [6.07, 6.45) is 7.76. The number of carboxylic acid groups (broad SMARTS) is 1. The van der Waals surface area contributed by atoms with Crippen LogP contribution in [-0.2, 0) is 33.3 Å². The first kappa shape index (κ1) is 43.8. The minimum absolute atomic E-state index is 0.0454. The zero-order valence-corrected chi connectivity index (χ0v) is 31.2. The molecule has 298 valence electrons.